The summed E-state index contributed by atoms with van der Waals surface area (Å²) in [4.78, 5) is 0. The molecule has 0 saturated heterocycles. The van der Waals surface area contributed by atoms with Crippen molar-refractivity contribution in [1.82, 2.24) is 0 Å². The number of rotatable bonds is 6. The van der Waals surface area contributed by atoms with E-state index in [1.54, 1.807) is 0 Å². The normalized spacial score (nSPS) is 11.4. The summed E-state index contributed by atoms with van der Waals surface area (Å²) >= 11 is 0. The maximum absolute atomic E-state index is 14.0. The average Bonchev–Trinajstić information content (AvgIpc) is 2.48. The molecule has 0 radical (unpaired) electrons. The fourth-order valence-electron chi connectivity index (χ4n) is 1.68. The van der Waals surface area contributed by atoms with Crippen LogP contribution in [0.15, 0.2) is 48.5 Å². The van der Waals surface area contributed by atoms with Crippen molar-refractivity contribution in [2.24, 2.45) is 0 Å². The van der Waals surface area contributed by atoms with Crippen molar-refractivity contribution in [3.63, 3.8) is 0 Å². The van der Waals surface area contributed by atoms with Crippen molar-refractivity contribution in [3.8, 4) is 17.2 Å². The van der Waals surface area contributed by atoms with Crippen molar-refractivity contribution in [2.75, 3.05) is 7.11 Å². The molecule has 2 aromatic carbocycles. The van der Waals surface area contributed by atoms with Gasteiger partial charge in [0, 0.05) is 0 Å². The highest BCUT2D eigenvalue weighted by Gasteiger charge is 2.34. The molecule has 7 heteroatoms. The van der Waals surface area contributed by atoms with E-state index in [0.717, 1.165) is 24.3 Å². The van der Waals surface area contributed by atoms with E-state index in [-0.39, 0.29) is 17.1 Å². The van der Waals surface area contributed by atoms with Crippen LogP contribution in [0.4, 0.5) is 17.6 Å². The van der Waals surface area contributed by atoms with Crippen molar-refractivity contribution >= 4 is 0 Å². The monoisotopic (exact) mass is 316 g/mol. The van der Waals surface area contributed by atoms with Crippen LogP contribution in [0.3, 0.4) is 0 Å². The van der Waals surface area contributed by atoms with Crippen molar-refractivity contribution < 1.29 is 31.8 Å². The summed E-state index contributed by atoms with van der Waals surface area (Å²) in [6, 6.07) is 9.58. The number of halogens is 4. The molecule has 0 atom stereocenters. The summed E-state index contributed by atoms with van der Waals surface area (Å²) in [5.74, 6) is 0.116. The lowest BCUT2D eigenvalue weighted by atomic mass is 10.2. The van der Waals surface area contributed by atoms with Gasteiger partial charge in [0.15, 0.2) is 0 Å². The maximum Gasteiger partial charge on any atom is 0.426 e. The summed E-state index contributed by atoms with van der Waals surface area (Å²) in [6.07, 6.45) is -3.57. The van der Waals surface area contributed by atoms with Crippen LogP contribution in [0.5, 0.6) is 17.2 Å². The number of benzene rings is 2. The SMILES string of the molecule is COc1ccc(C(F)(F)Oc2ccc(OC(F)F)cc2)cc1. The Labute approximate surface area is 124 Å². The molecule has 0 aliphatic carbocycles. The average molecular weight is 316 g/mol. The van der Waals surface area contributed by atoms with Crippen molar-refractivity contribution in [1.29, 1.82) is 0 Å². The van der Waals surface area contributed by atoms with Gasteiger partial charge in [0.2, 0.25) is 0 Å². The van der Waals surface area contributed by atoms with Gasteiger partial charge in [-0.15, -0.1) is 0 Å². The van der Waals surface area contributed by atoms with Gasteiger partial charge < -0.3 is 14.2 Å². The molecule has 0 spiro atoms. The zero-order valence-corrected chi connectivity index (χ0v) is 11.4. The molecule has 0 aliphatic rings. The quantitative estimate of drug-likeness (QED) is 0.738. The smallest absolute Gasteiger partial charge is 0.426 e. The Morgan fingerprint density at radius 2 is 1.32 bits per heavy atom. The van der Waals surface area contributed by atoms with Crippen LogP contribution >= 0.6 is 0 Å². The number of ether oxygens (including phenoxy) is 3. The minimum absolute atomic E-state index is 0.143. The standard InChI is InChI=1S/C15H12F4O3/c1-20-11-4-2-10(3-5-11)15(18,19)22-13-8-6-12(7-9-13)21-14(16)17/h2-9,14H,1H3. The van der Waals surface area contributed by atoms with E-state index >= 15 is 0 Å². The molecular weight excluding hydrogens is 304 g/mol. The van der Waals surface area contributed by atoms with Crippen LogP contribution in [0.1, 0.15) is 5.56 Å². The van der Waals surface area contributed by atoms with Gasteiger partial charge in [0.05, 0.1) is 12.7 Å². The van der Waals surface area contributed by atoms with Crippen LogP contribution < -0.4 is 14.2 Å². The minimum Gasteiger partial charge on any atom is -0.497 e. The summed E-state index contributed by atoms with van der Waals surface area (Å²) in [5, 5.41) is 0. The molecule has 0 aliphatic heterocycles. The van der Waals surface area contributed by atoms with E-state index in [1.165, 1.54) is 31.4 Å². The lowest BCUT2D eigenvalue weighted by Crippen LogP contribution is -2.21. The van der Waals surface area contributed by atoms with E-state index < -0.39 is 12.7 Å². The fourth-order valence-corrected chi connectivity index (χ4v) is 1.68. The van der Waals surface area contributed by atoms with Crippen LogP contribution in [-0.2, 0) is 6.11 Å². The maximum atomic E-state index is 14.0. The Bertz CT molecular complexity index is 597. The van der Waals surface area contributed by atoms with Gasteiger partial charge in [0.1, 0.15) is 17.2 Å². The van der Waals surface area contributed by atoms with Crippen LogP contribution in [0.2, 0.25) is 0 Å². The molecule has 0 aromatic heterocycles. The highest BCUT2D eigenvalue weighted by Crippen LogP contribution is 2.33. The lowest BCUT2D eigenvalue weighted by molar-refractivity contribution is -0.185. The molecule has 0 N–H and O–H groups in total. The summed E-state index contributed by atoms with van der Waals surface area (Å²) in [6.45, 7) is -2.98. The van der Waals surface area contributed by atoms with E-state index in [4.69, 9.17) is 4.74 Å². The predicted octanol–water partition coefficient (Wildman–Crippen LogP) is 4.42. The molecule has 0 saturated carbocycles. The summed E-state index contributed by atoms with van der Waals surface area (Å²) in [7, 11) is 1.42. The number of hydrogen-bond acceptors (Lipinski definition) is 3. The molecule has 2 aromatic rings. The predicted molar refractivity (Wildman–Crippen MR) is 70.6 cm³/mol. The molecule has 0 heterocycles. The zero-order valence-electron chi connectivity index (χ0n) is 11.4. The van der Waals surface area contributed by atoms with Crippen molar-refractivity contribution in [2.45, 2.75) is 12.7 Å². The Balaban J connectivity index is 2.09. The first kappa shape index (κ1) is 15.9. The first-order valence-electron chi connectivity index (χ1n) is 6.17. The van der Waals surface area contributed by atoms with Gasteiger partial charge in [-0.25, -0.2) is 0 Å². The van der Waals surface area contributed by atoms with Gasteiger partial charge >= 0.3 is 12.7 Å². The molecule has 0 amide bonds. The number of alkyl halides is 4. The van der Waals surface area contributed by atoms with Gasteiger partial charge in [-0.3, -0.25) is 0 Å². The summed E-state index contributed by atoms with van der Waals surface area (Å²) in [5.41, 5.74) is -0.360. The molecule has 22 heavy (non-hydrogen) atoms. The van der Waals surface area contributed by atoms with Crippen LogP contribution in [0.25, 0.3) is 0 Å². The van der Waals surface area contributed by atoms with Crippen molar-refractivity contribution in [3.05, 3.63) is 54.1 Å². The second-order valence-corrected chi connectivity index (χ2v) is 4.20. The molecule has 2 rings (SSSR count). The largest absolute Gasteiger partial charge is 0.497 e. The molecular formula is C15H12F4O3. The third-order valence-corrected chi connectivity index (χ3v) is 2.72. The third-order valence-electron chi connectivity index (χ3n) is 2.72. The topological polar surface area (TPSA) is 27.7 Å². The Morgan fingerprint density at radius 1 is 0.818 bits per heavy atom. The lowest BCUT2D eigenvalue weighted by Gasteiger charge is -2.18. The Morgan fingerprint density at radius 3 is 1.82 bits per heavy atom. The third kappa shape index (κ3) is 4.03. The molecule has 0 bridgehead atoms. The fraction of sp³-hybridized carbons (Fsp3) is 0.200. The van der Waals surface area contributed by atoms with Gasteiger partial charge in [-0.1, -0.05) is 0 Å². The Hall–Kier alpha value is -2.44. The number of hydrogen-bond donors (Lipinski definition) is 0. The van der Waals surface area contributed by atoms with E-state index in [9.17, 15) is 17.6 Å². The van der Waals surface area contributed by atoms with Gasteiger partial charge in [-0.05, 0) is 48.5 Å². The second kappa shape index (κ2) is 6.55. The molecule has 0 unspecified atom stereocenters. The highest BCUT2D eigenvalue weighted by atomic mass is 19.3. The molecule has 0 fully saturated rings. The minimum atomic E-state index is -3.57. The zero-order chi connectivity index (χ0) is 16.2. The number of methoxy groups -OCH3 is 1. The molecule has 3 nitrogen and oxygen atoms in total. The second-order valence-electron chi connectivity index (χ2n) is 4.20. The van der Waals surface area contributed by atoms with E-state index in [0.29, 0.717) is 5.75 Å². The van der Waals surface area contributed by atoms with Crippen LogP contribution in [-0.4, -0.2) is 13.7 Å². The molecule has 118 valence electrons. The van der Waals surface area contributed by atoms with E-state index in [2.05, 4.69) is 9.47 Å². The van der Waals surface area contributed by atoms with Gasteiger partial charge in [-0.2, -0.15) is 17.6 Å². The highest BCUT2D eigenvalue weighted by molar-refractivity contribution is 5.33. The van der Waals surface area contributed by atoms with Gasteiger partial charge in [0.25, 0.3) is 0 Å². The van der Waals surface area contributed by atoms with Crippen LogP contribution in [0, 0.1) is 0 Å². The first-order chi connectivity index (χ1) is 10.4. The Kier molecular flexibility index (Phi) is 4.75. The summed E-state index contributed by atoms with van der Waals surface area (Å²) < 4.78 is 65.5. The van der Waals surface area contributed by atoms with E-state index in [1.807, 2.05) is 0 Å². The first-order valence-corrected chi connectivity index (χ1v) is 6.17.